The minimum Gasteiger partial charge on any atom is -0.481 e. The second-order valence-electron chi connectivity index (χ2n) is 8.56. The number of rotatable bonds is 4. The number of carboxylic acids is 1. The largest absolute Gasteiger partial charge is 0.481 e. The molecule has 2 aliphatic rings. The highest BCUT2D eigenvalue weighted by molar-refractivity contribution is 5.99. The van der Waals surface area contributed by atoms with E-state index in [4.69, 9.17) is 0 Å². The van der Waals surface area contributed by atoms with Crippen LogP contribution in [-0.4, -0.2) is 23.5 Å². The highest BCUT2D eigenvalue weighted by Crippen LogP contribution is 2.42. The number of amides is 1. The zero-order valence-electron chi connectivity index (χ0n) is 17.3. The van der Waals surface area contributed by atoms with Crippen molar-refractivity contribution in [2.75, 3.05) is 11.4 Å². The van der Waals surface area contributed by atoms with Gasteiger partial charge in [-0.2, -0.15) is 0 Å². The highest BCUT2D eigenvalue weighted by Gasteiger charge is 2.33. The van der Waals surface area contributed by atoms with Crippen LogP contribution in [-0.2, 0) is 22.4 Å². The molecule has 1 heterocycles. The van der Waals surface area contributed by atoms with Crippen molar-refractivity contribution in [3.05, 3.63) is 52.6 Å². The third-order valence-corrected chi connectivity index (χ3v) is 6.51. The molecule has 0 atom stereocenters. The minimum absolute atomic E-state index is 0.00110. The minimum atomic E-state index is -0.824. The molecular formula is C25H29NO3. The maximum Gasteiger partial charge on any atom is 0.307 e. The quantitative estimate of drug-likeness (QED) is 0.792. The van der Waals surface area contributed by atoms with Crippen LogP contribution in [0.1, 0.15) is 54.4 Å². The number of carbonyl (C=O) groups is 2. The lowest BCUT2D eigenvalue weighted by molar-refractivity contribution is -0.136. The predicted octanol–water partition coefficient (Wildman–Crippen LogP) is 5.07. The van der Waals surface area contributed by atoms with Gasteiger partial charge in [-0.3, -0.25) is 9.59 Å². The normalized spacial score (nSPS) is 16.7. The summed E-state index contributed by atoms with van der Waals surface area (Å²) in [4.78, 5) is 26.8. The summed E-state index contributed by atoms with van der Waals surface area (Å²) in [6.45, 7) is 4.71. The lowest BCUT2D eigenvalue weighted by Gasteiger charge is -2.27. The monoisotopic (exact) mass is 391 g/mol. The number of anilines is 1. The molecule has 1 fully saturated rings. The Labute approximate surface area is 172 Å². The molecule has 0 spiro atoms. The topological polar surface area (TPSA) is 57.6 Å². The summed E-state index contributed by atoms with van der Waals surface area (Å²) in [5, 5.41) is 9.50. The molecule has 0 unspecified atom stereocenters. The van der Waals surface area contributed by atoms with Gasteiger partial charge in [-0.15, -0.1) is 0 Å². The van der Waals surface area contributed by atoms with Gasteiger partial charge in [-0.25, -0.2) is 0 Å². The number of fused-ring (bicyclic) bond motifs is 1. The van der Waals surface area contributed by atoms with Crippen LogP contribution in [0.4, 0.5) is 5.69 Å². The lowest BCUT2D eigenvalue weighted by Crippen LogP contribution is -2.35. The number of carbonyl (C=O) groups excluding carboxylic acids is 1. The zero-order chi connectivity index (χ0) is 20.5. The maximum atomic E-state index is 13.3. The number of hydrogen-bond donors (Lipinski definition) is 1. The van der Waals surface area contributed by atoms with E-state index in [1.807, 2.05) is 24.8 Å². The van der Waals surface area contributed by atoms with Crippen LogP contribution in [0, 0.1) is 19.8 Å². The number of nitrogens with zero attached hydrogens (tertiary/aromatic N) is 1. The molecule has 2 aromatic carbocycles. The van der Waals surface area contributed by atoms with Crippen molar-refractivity contribution in [1.29, 1.82) is 0 Å². The SMILES string of the molecule is Cc1ccc(-c2c(CC(=O)O)c(C)cc3c2CCN3C(=O)C2CCCCC2)cc1. The Morgan fingerprint density at radius 1 is 1.07 bits per heavy atom. The molecule has 29 heavy (non-hydrogen) atoms. The Morgan fingerprint density at radius 3 is 2.41 bits per heavy atom. The van der Waals surface area contributed by atoms with Crippen molar-refractivity contribution in [2.24, 2.45) is 5.92 Å². The van der Waals surface area contributed by atoms with Crippen LogP contribution in [0.15, 0.2) is 30.3 Å². The van der Waals surface area contributed by atoms with Crippen LogP contribution in [0.3, 0.4) is 0 Å². The fourth-order valence-corrected chi connectivity index (χ4v) is 4.97. The molecule has 2 aromatic rings. The van der Waals surface area contributed by atoms with Crippen molar-refractivity contribution in [1.82, 2.24) is 0 Å². The van der Waals surface area contributed by atoms with Crippen LogP contribution in [0.2, 0.25) is 0 Å². The molecule has 0 bridgehead atoms. The first-order chi connectivity index (χ1) is 14.0. The summed E-state index contributed by atoms with van der Waals surface area (Å²) >= 11 is 0. The fraction of sp³-hybridized carbons (Fsp3) is 0.440. The molecule has 1 N–H and O–H groups in total. The van der Waals surface area contributed by atoms with E-state index in [1.54, 1.807) is 0 Å². The Bertz CT molecular complexity index is 940. The van der Waals surface area contributed by atoms with Crippen molar-refractivity contribution >= 4 is 17.6 Å². The van der Waals surface area contributed by atoms with E-state index in [2.05, 4.69) is 24.3 Å². The van der Waals surface area contributed by atoms with E-state index >= 15 is 0 Å². The van der Waals surface area contributed by atoms with Crippen LogP contribution in [0.5, 0.6) is 0 Å². The molecular weight excluding hydrogens is 362 g/mol. The van der Waals surface area contributed by atoms with Gasteiger partial charge in [0, 0.05) is 18.2 Å². The zero-order valence-corrected chi connectivity index (χ0v) is 17.3. The Hall–Kier alpha value is -2.62. The molecule has 0 radical (unpaired) electrons. The summed E-state index contributed by atoms with van der Waals surface area (Å²) in [7, 11) is 0. The Morgan fingerprint density at radius 2 is 1.76 bits per heavy atom. The molecule has 4 rings (SSSR count). The van der Waals surface area contributed by atoms with E-state index in [1.165, 1.54) is 12.0 Å². The van der Waals surface area contributed by atoms with Crippen molar-refractivity contribution in [3.63, 3.8) is 0 Å². The average Bonchev–Trinajstić information content (AvgIpc) is 3.12. The standard InChI is InChI=1S/C25H29NO3/c1-16-8-10-18(11-9-16)24-20-12-13-26(25(29)19-6-4-3-5-7-19)22(20)14-17(2)21(24)15-23(27)28/h8-11,14,19H,3-7,12-13,15H2,1-2H3,(H,27,28). The van der Waals surface area contributed by atoms with Gasteiger partial charge >= 0.3 is 5.97 Å². The van der Waals surface area contributed by atoms with Gasteiger partial charge in [0.2, 0.25) is 5.91 Å². The molecule has 0 saturated heterocycles. The number of carboxylic acid groups (broad SMARTS) is 1. The predicted molar refractivity (Wildman–Crippen MR) is 115 cm³/mol. The highest BCUT2D eigenvalue weighted by atomic mass is 16.4. The first-order valence-corrected chi connectivity index (χ1v) is 10.7. The molecule has 1 aliphatic heterocycles. The van der Waals surface area contributed by atoms with E-state index in [9.17, 15) is 14.7 Å². The van der Waals surface area contributed by atoms with Crippen molar-refractivity contribution in [2.45, 2.75) is 58.8 Å². The van der Waals surface area contributed by atoms with Gasteiger partial charge < -0.3 is 10.0 Å². The Balaban J connectivity index is 1.80. The molecule has 1 aliphatic carbocycles. The molecule has 1 amide bonds. The number of hydrogen-bond acceptors (Lipinski definition) is 2. The second-order valence-corrected chi connectivity index (χ2v) is 8.56. The van der Waals surface area contributed by atoms with Crippen LogP contribution in [0.25, 0.3) is 11.1 Å². The third kappa shape index (κ3) is 3.81. The van der Waals surface area contributed by atoms with Crippen molar-refractivity contribution < 1.29 is 14.7 Å². The molecule has 152 valence electrons. The molecule has 0 aromatic heterocycles. The van der Waals surface area contributed by atoms with E-state index < -0.39 is 5.97 Å². The van der Waals surface area contributed by atoms with Gasteiger partial charge in [0.15, 0.2) is 0 Å². The van der Waals surface area contributed by atoms with Crippen molar-refractivity contribution in [3.8, 4) is 11.1 Å². The average molecular weight is 392 g/mol. The fourth-order valence-electron chi connectivity index (χ4n) is 4.97. The first-order valence-electron chi connectivity index (χ1n) is 10.7. The summed E-state index contributed by atoms with van der Waals surface area (Å²) in [5.74, 6) is -0.435. The first kappa shape index (κ1) is 19.7. The van der Waals surface area contributed by atoms with Gasteiger partial charge in [0.1, 0.15) is 0 Å². The van der Waals surface area contributed by atoms with Gasteiger partial charge in [0.05, 0.1) is 6.42 Å². The molecule has 1 saturated carbocycles. The van der Waals surface area contributed by atoms with E-state index in [0.717, 1.165) is 65.6 Å². The summed E-state index contributed by atoms with van der Waals surface area (Å²) in [5.41, 5.74) is 7.16. The van der Waals surface area contributed by atoms with Gasteiger partial charge in [0.25, 0.3) is 0 Å². The number of aryl methyl sites for hydroxylation is 2. The number of benzene rings is 2. The molecule has 4 heteroatoms. The maximum absolute atomic E-state index is 13.3. The van der Waals surface area contributed by atoms with Crippen LogP contribution < -0.4 is 4.90 Å². The summed E-state index contributed by atoms with van der Waals surface area (Å²) < 4.78 is 0. The number of aliphatic carboxylic acids is 1. The Kier molecular flexibility index (Phi) is 5.44. The van der Waals surface area contributed by atoms with E-state index in [0.29, 0.717) is 6.54 Å². The van der Waals surface area contributed by atoms with Gasteiger partial charge in [-0.1, -0.05) is 49.1 Å². The van der Waals surface area contributed by atoms with Gasteiger partial charge in [-0.05, 0) is 67.0 Å². The summed E-state index contributed by atoms with van der Waals surface area (Å²) in [6, 6.07) is 10.3. The smallest absolute Gasteiger partial charge is 0.307 e. The van der Waals surface area contributed by atoms with Crippen LogP contribution >= 0.6 is 0 Å². The third-order valence-electron chi connectivity index (χ3n) is 6.51. The van der Waals surface area contributed by atoms with E-state index in [-0.39, 0.29) is 18.2 Å². The molecule has 4 nitrogen and oxygen atoms in total. The summed E-state index contributed by atoms with van der Waals surface area (Å²) in [6.07, 6.45) is 6.28. The lowest BCUT2D eigenvalue weighted by atomic mass is 9.87. The second kappa shape index (κ2) is 8.02.